The molecular formula is C31H44O2. The number of aryl methyl sites for hydroxylation is 1. The molecule has 0 saturated carbocycles. The van der Waals surface area contributed by atoms with E-state index in [1.807, 2.05) is 31.2 Å². The molecule has 33 heavy (non-hydrogen) atoms. The van der Waals surface area contributed by atoms with Crippen LogP contribution in [0.4, 0.5) is 0 Å². The second-order valence-corrected chi connectivity index (χ2v) is 9.49. The first-order chi connectivity index (χ1) is 16.1. The first-order valence-corrected chi connectivity index (χ1v) is 13.4. The number of unbranched alkanes of at least 4 members (excludes halogenated alkanes) is 13. The smallest absolute Gasteiger partial charge is 0.193 e. The van der Waals surface area contributed by atoms with Crippen molar-refractivity contribution in [1.29, 1.82) is 0 Å². The summed E-state index contributed by atoms with van der Waals surface area (Å²) in [6.45, 7) is 4.22. The molecule has 0 fully saturated rings. The van der Waals surface area contributed by atoms with Crippen molar-refractivity contribution in [1.82, 2.24) is 0 Å². The molecule has 2 heteroatoms. The molecule has 180 valence electrons. The first kappa shape index (κ1) is 27.0. The molecule has 0 amide bonds. The van der Waals surface area contributed by atoms with Crippen molar-refractivity contribution in [2.45, 2.75) is 110 Å². The maximum atomic E-state index is 12.7. The number of carbonyl (C=O) groups excluding carboxylic acids is 2. The molecular weight excluding hydrogens is 404 g/mol. The molecule has 2 rings (SSSR count). The Labute approximate surface area is 202 Å². The molecule has 0 N–H and O–H groups in total. The topological polar surface area (TPSA) is 34.1 Å². The fraction of sp³-hybridized carbons (Fsp3) is 0.548. The van der Waals surface area contributed by atoms with E-state index in [0.29, 0.717) is 17.5 Å². The molecule has 0 spiro atoms. The van der Waals surface area contributed by atoms with Crippen LogP contribution >= 0.6 is 0 Å². The number of Topliss-reactive ketones (excluding diaryl/α,β-unsaturated/α-hetero) is 1. The zero-order valence-corrected chi connectivity index (χ0v) is 21.0. The lowest BCUT2D eigenvalue weighted by Crippen LogP contribution is -2.05. The number of hydrogen-bond donors (Lipinski definition) is 0. The Morgan fingerprint density at radius 1 is 0.576 bits per heavy atom. The van der Waals surface area contributed by atoms with Crippen molar-refractivity contribution in [3.8, 4) is 0 Å². The van der Waals surface area contributed by atoms with Crippen molar-refractivity contribution in [2.24, 2.45) is 0 Å². The Bertz CT molecular complexity index is 819. The van der Waals surface area contributed by atoms with Crippen molar-refractivity contribution in [3.63, 3.8) is 0 Å². The van der Waals surface area contributed by atoms with Crippen LogP contribution in [0.2, 0.25) is 0 Å². The van der Waals surface area contributed by atoms with Crippen LogP contribution in [0.5, 0.6) is 0 Å². The average molecular weight is 449 g/mol. The fourth-order valence-electron chi connectivity index (χ4n) is 4.42. The van der Waals surface area contributed by atoms with E-state index in [4.69, 9.17) is 0 Å². The van der Waals surface area contributed by atoms with Crippen molar-refractivity contribution in [2.75, 3.05) is 0 Å². The van der Waals surface area contributed by atoms with Crippen LogP contribution in [0.15, 0.2) is 48.5 Å². The van der Waals surface area contributed by atoms with Gasteiger partial charge in [0, 0.05) is 23.1 Å². The Hall–Kier alpha value is -2.22. The summed E-state index contributed by atoms with van der Waals surface area (Å²) < 4.78 is 0. The Morgan fingerprint density at radius 3 is 1.55 bits per heavy atom. The standard InChI is InChI=1S/C31H44O2/c1-3-4-5-6-7-8-9-10-11-12-13-14-15-16-21-30(32)27-22-24-28(25-23-27)31(33)29-20-18-17-19-26(29)2/h17-20,22-25H,3-16,21H2,1-2H3. The van der Waals surface area contributed by atoms with Gasteiger partial charge in [-0.05, 0) is 18.9 Å². The third-order valence-electron chi connectivity index (χ3n) is 6.62. The van der Waals surface area contributed by atoms with E-state index in [1.165, 1.54) is 77.0 Å². The summed E-state index contributed by atoms with van der Waals surface area (Å²) in [4.78, 5) is 25.2. The van der Waals surface area contributed by atoms with Crippen LogP contribution in [0, 0.1) is 6.92 Å². The predicted molar refractivity (Wildman–Crippen MR) is 140 cm³/mol. The summed E-state index contributed by atoms with van der Waals surface area (Å²) in [6.07, 6.45) is 19.1. The normalized spacial score (nSPS) is 11.0. The summed E-state index contributed by atoms with van der Waals surface area (Å²) in [6, 6.07) is 14.8. The second-order valence-electron chi connectivity index (χ2n) is 9.49. The molecule has 0 aliphatic carbocycles. The molecule has 0 atom stereocenters. The molecule has 0 aliphatic rings. The van der Waals surface area contributed by atoms with Gasteiger partial charge in [0.15, 0.2) is 11.6 Å². The van der Waals surface area contributed by atoms with Crippen LogP contribution in [-0.4, -0.2) is 11.6 Å². The van der Waals surface area contributed by atoms with Gasteiger partial charge in [-0.15, -0.1) is 0 Å². The summed E-state index contributed by atoms with van der Waals surface area (Å²) in [7, 11) is 0. The van der Waals surface area contributed by atoms with Gasteiger partial charge in [0.1, 0.15) is 0 Å². The van der Waals surface area contributed by atoms with E-state index < -0.39 is 0 Å². The summed E-state index contributed by atoms with van der Waals surface area (Å²) >= 11 is 0. The van der Waals surface area contributed by atoms with Crippen LogP contribution < -0.4 is 0 Å². The average Bonchev–Trinajstić information content (AvgIpc) is 2.84. The lowest BCUT2D eigenvalue weighted by molar-refractivity contribution is 0.0977. The maximum absolute atomic E-state index is 12.7. The molecule has 0 saturated heterocycles. The van der Waals surface area contributed by atoms with Crippen LogP contribution in [0.25, 0.3) is 0 Å². The largest absolute Gasteiger partial charge is 0.294 e. The number of ketones is 2. The minimum absolute atomic E-state index is 0.0130. The zero-order chi connectivity index (χ0) is 23.7. The van der Waals surface area contributed by atoms with Gasteiger partial charge in [-0.3, -0.25) is 9.59 Å². The molecule has 0 radical (unpaired) electrons. The monoisotopic (exact) mass is 448 g/mol. The van der Waals surface area contributed by atoms with E-state index in [0.717, 1.165) is 24.0 Å². The van der Waals surface area contributed by atoms with Gasteiger partial charge in [-0.1, -0.05) is 139 Å². The molecule has 0 heterocycles. The highest BCUT2D eigenvalue weighted by molar-refractivity contribution is 6.10. The highest BCUT2D eigenvalue weighted by Gasteiger charge is 2.12. The van der Waals surface area contributed by atoms with Gasteiger partial charge >= 0.3 is 0 Å². The molecule has 2 aromatic rings. The fourth-order valence-corrected chi connectivity index (χ4v) is 4.42. The summed E-state index contributed by atoms with van der Waals surface area (Å²) in [5.41, 5.74) is 3.04. The molecule has 0 aliphatic heterocycles. The number of benzene rings is 2. The SMILES string of the molecule is CCCCCCCCCCCCCCCCC(=O)c1ccc(C(=O)c2ccccc2C)cc1. The highest BCUT2D eigenvalue weighted by atomic mass is 16.1. The number of carbonyl (C=O) groups is 2. The first-order valence-electron chi connectivity index (χ1n) is 13.4. The van der Waals surface area contributed by atoms with Gasteiger partial charge < -0.3 is 0 Å². The van der Waals surface area contributed by atoms with E-state index in [-0.39, 0.29) is 11.6 Å². The van der Waals surface area contributed by atoms with Gasteiger partial charge in [-0.2, -0.15) is 0 Å². The van der Waals surface area contributed by atoms with E-state index >= 15 is 0 Å². The van der Waals surface area contributed by atoms with Crippen LogP contribution in [-0.2, 0) is 0 Å². The van der Waals surface area contributed by atoms with Crippen LogP contribution in [0.3, 0.4) is 0 Å². The predicted octanol–water partition coefficient (Wildman–Crippen LogP) is 9.28. The molecule has 0 aromatic heterocycles. The lowest BCUT2D eigenvalue weighted by atomic mass is 9.97. The Kier molecular flexibility index (Phi) is 13.4. The van der Waals surface area contributed by atoms with E-state index in [2.05, 4.69) is 6.92 Å². The molecule has 2 nitrogen and oxygen atoms in total. The third kappa shape index (κ3) is 10.5. The Balaban J connectivity index is 1.54. The minimum atomic E-state index is 0.0130. The molecule has 0 unspecified atom stereocenters. The second kappa shape index (κ2) is 16.4. The Morgan fingerprint density at radius 2 is 1.03 bits per heavy atom. The van der Waals surface area contributed by atoms with Gasteiger partial charge in [0.05, 0.1) is 0 Å². The quantitative estimate of drug-likeness (QED) is 0.168. The highest BCUT2D eigenvalue weighted by Crippen LogP contribution is 2.17. The molecule has 0 bridgehead atoms. The number of hydrogen-bond acceptors (Lipinski definition) is 2. The zero-order valence-electron chi connectivity index (χ0n) is 21.0. The van der Waals surface area contributed by atoms with Gasteiger partial charge in [0.25, 0.3) is 0 Å². The van der Waals surface area contributed by atoms with Gasteiger partial charge in [-0.25, -0.2) is 0 Å². The van der Waals surface area contributed by atoms with Crippen molar-refractivity contribution in [3.05, 3.63) is 70.8 Å². The van der Waals surface area contributed by atoms with E-state index in [1.54, 1.807) is 24.3 Å². The molecule has 2 aromatic carbocycles. The van der Waals surface area contributed by atoms with E-state index in [9.17, 15) is 9.59 Å². The minimum Gasteiger partial charge on any atom is -0.294 e. The maximum Gasteiger partial charge on any atom is 0.193 e. The van der Waals surface area contributed by atoms with Gasteiger partial charge in [0.2, 0.25) is 0 Å². The van der Waals surface area contributed by atoms with Crippen LogP contribution in [0.1, 0.15) is 135 Å². The van der Waals surface area contributed by atoms with Crippen molar-refractivity contribution >= 4 is 11.6 Å². The lowest BCUT2D eigenvalue weighted by Gasteiger charge is -2.06. The summed E-state index contributed by atoms with van der Waals surface area (Å²) in [5.74, 6) is 0.197. The third-order valence-corrected chi connectivity index (χ3v) is 6.62. The van der Waals surface area contributed by atoms with Crippen molar-refractivity contribution < 1.29 is 9.59 Å². The summed E-state index contributed by atoms with van der Waals surface area (Å²) in [5, 5.41) is 0. The number of rotatable bonds is 18.